The molecule has 53 heavy (non-hydrogen) atoms. The van der Waals surface area contributed by atoms with Crippen LogP contribution in [0.25, 0.3) is 11.1 Å². The van der Waals surface area contributed by atoms with Crippen molar-refractivity contribution in [3.05, 3.63) is 171 Å². The van der Waals surface area contributed by atoms with Crippen LogP contribution in [0.3, 0.4) is 0 Å². The molecule has 4 aromatic carbocycles. The van der Waals surface area contributed by atoms with E-state index in [-0.39, 0.29) is 23.6 Å². The molecule has 0 aliphatic rings. The third-order valence-electron chi connectivity index (χ3n) is 7.14. The van der Waals surface area contributed by atoms with Gasteiger partial charge in [0.2, 0.25) is 11.9 Å². The van der Waals surface area contributed by atoms with Gasteiger partial charge in [0.15, 0.2) is 0 Å². The second-order valence-corrected chi connectivity index (χ2v) is 12.1. The molecule has 3 N–H and O–H groups in total. The van der Waals surface area contributed by atoms with E-state index in [9.17, 15) is 18.4 Å². The summed E-state index contributed by atoms with van der Waals surface area (Å²) in [5, 5.41) is 25.9. The SMILES string of the molecule is COC(=O)c1cccc(COc2ccc(I)cc2)c1.O=C(O)c1cccc(COc2ccc(-c3cccnc3F)cc2)c1.OB(O)c1cccnc1F. The lowest BCUT2D eigenvalue weighted by molar-refractivity contribution is 0.0599. The molecule has 0 saturated carbocycles. The predicted octanol–water partition coefficient (Wildman–Crippen LogP) is 6.72. The Balaban J connectivity index is 0.000000192. The zero-order chi connectivity index (χ0) is 38.2. The van der Waals surface area contributed by atoms with E-state index in [1.165, 1.54) is 37.7 Å². The van der Waals surface area contributed by atoms with Crippen molar-refractivity contribution < 1.29 is 47.7 Å². The summed E-state index contributed by atoms with van der Waals surface area (Å²) in [6.07, 6.45) is 2.64. The number of nitrogens with zero attached hydrogens (tertiary/aromatic N) is 2. The van der Waals surface area contributed by atoms with Crippen LogP contribution in [-0.4, -0.2) is 51.3 Å². The molecule has 2 aromatic heterocycles. The van der Waals surface area contributed by atoms with Crippen LogP contribution in [0, 0.1) is 15.5 Å². The van der Waals surface area contributed by atoms with E-state index in [4.69, 9.17) is 24.6 Å². The number of carboxylic acid groups (broad SMARTS) is 1. The normalized spacial score (nSPS) is 10.1. The molecule has 0 atom stereocenters. The van der Waals surface area contributed by atoms with Gasteiger partial charge in [0.05, 0.1) is 18.2 Å². The highest BCUT2D eigenvalue weighted by atomic mass is 127. The average Bonchev–Trinajstić information content (AvgIpc) is 3.18. The Bertz CT molecular complexity index is 2110. The Labute approximate surface area is 318 Å². The van der Waals surface area contributed by atoms with E-state index in [1.807, 2.05) is 36.4 Å². The largest absolute Gasteiger partial charge is 0.493 e. The van der Waals surface area contributed by atoms with Gasteiger partial charge in [-0.3, -0.25) is 0 Å². The monoisotopic (exact) mass is 832 g/mol. The number of hydrogen-bond acceptors (Lipinski definition) is 9. The highest BCUT2D eigenvalue weighted by Gasteiger charge is 2.15. The lowest BCUT2D eigenvalue weighted by atomic mass is 9.81. The van der Waals surface area contributed by atoms with E-state index < -0.39 is 25.0 Å². The summed E-state index contributed by atoms with van der Waals surface area (Å²) < 4.78 is 43.2. The Morgan fingerprint density at radius 2 is 1.23 bits per heavy atom. The molecule has 0 amide bonds. The van der Waals surface area contributed by atoms with Gasteiger partial charge in [0.25, 0.3) is 0 Å². The summed E-state index contributed by atoms with van der Waals surface area (Å²) in [6, 6.07) is 34.6. The van der Waals surface area contributed by atoms with E-state index in [0.717, 1.165) is 20.4 Å². The number of carbonyl (C=O) groups is 2. The zero-order valence-corrected chi connectivity index (χ0v) is 30.3. The average molecular weight is 832 g/mol. The fraction of sp³-hybridized carbons (Fsp3) is 0.0769. The van der Waals surface area contributed by atoms with Gasteiger partial charge in [-0.1, -0.05) is 42.5 Å². The second kappa shape index (κ2) is 20.4. The van der Waals surface area contributed by atoms with Crippen LogP contribution in [0.4, 0.5) is 8.78 Å². The minimum absolute atomic E-state index is 0.206. The molecule has 14 heteroatoms. The van der Waals surface area contributed by atoms with Crippen LogP contribution >= 0.6 is 22.6 Å². The molecule has 10 nitrogen and oxygen atoms in total. The summed E-state index contributed by atoms with van der Waals surface area (Å²) in [7, 11) is -0.411. The number of aromatic carboxylic acids is 1. The molecule has 0 saturated heterocycles. The van der Waals surface area contributed by atoms with E-state index in [0.29, 0.717) is 29.0 Å². The van der Waals surface area contributed by atoms with Gasteiger partial charge in [-0.05, 0) is 118 Å². The van der Waals surface area contributed by atoms with Gasteiger partial charge in [-0.2, -0.15) is 8.78 Å². The molecule has 270 valence electrons. The van der Waals surface area contributed by atoms with Crippen LogP contribution in [0.2, 0.25) is 0 Å². The smallest absolute Gasteiger partial charge is 0.489 e. The van der Waals surface area contributed by atoms with Gasteiger partial charge >= 0.3 is 19.1 Å². The van der Waals surface area contributed by atoms with Crippen LogP contribution in [-0.2, 0) is 18.0 Å². The van der Waals surface area contributed by atoms with Crippen molar-refractivity contribution in [3.63, 3.8) is 0 Å². The molecule has 6 rings (SSSR count). The van der Waals surface area contributed by atoms with E-state index in [1.54, 1.807) is 66.7 Å². The topological polar surface area (TPSA) is 148 Å². The molecular weight excluding hydrogens is 800 g/mol. The number of benzene rings is 4. The van der Waals surface area contributed by atoms with Gasteiger partial charge in [0.1, 0.15) is 24.7 Å². The maximum Gasteiger partial charge on any atom is 0.493 e. The number of carbonyl (C=O) groups excluding carboxylic acids is 1. The minimum atomic E-state index is -1.78. The molecular formula is C39H32BF2IN2O8. The molecule has 0 spiro atoms. The van der Waals surface area contributed by atoms with E-state index >= 15 is 0 Å². The van der Waals surface area contributed by atoms with Crippen LogP contribution < -0.4 is 14.9 Å². The van der Waals surface area contributed by atoms with Crippen molar-refractivity contribution in [2.45, 2.75) is 13.2 Å². The molecule has 0 bridgehead atoms. The third-order valence-corrected chi connectivity index (χ3v) is 7.86. The Hall–Kier alpha value is -5.71. The molecule has 6 aromatic rings. The summed E-state index contributed by atoms with van der Waals surface area (Å²) in [5.41, 5.74) is 3.38. The van der Waals surface area contributed by atoms with E-state index in [2.05, 4.69) is 37.3 Å². The lowest BCUT2D eigenvalue weighted by Crippen LogP contribution is -2.33. The van der Waals surface area contributed by atoms with Crippen molar-refractivity contribution in [3.8, 4) is 22.6 Å². The van der Waals surface area contributed by atoms with Gasteiger partial charge in [-0.25, -0.2) is 19.6 Å². The first-order valence-electron chi connectivity index (χ1n) is 15.7. The molecule has 0 unspecified atom stereocenters. The minimum Gasteiger partial charge on any atom is -0.489 e. The number of pyridine rings is 2. The summed E-state index contributed by atoms with van der Waals surface area (Å²) in [5.74, 6) is -1.25. The standard InChI is InChI=1S/C19H14FNO3.C15H13IO3.C5H5BFNO2/c20-18-17(5-2-10-21-18)14-6-8-16(9-7-14)24-12-13-3-1-4-15(11-13)19(22)23;1-18-15(17)12-4-2-3-11(9-12)10-19-14-7-5-13(16)6-8-14;7-5-4(6(9)10)2-1-3-8-5/h1-11H,12H2,(H,22,23);2-9H,10H2,1H3;1-3,9-10H. The molecule has 0 aliphatic carbocycles. The Kier molecular flexibility index (Phi) is 15.4. The molecule has 0 aliphatic heterocycles. The van der Waals surface area contributed by atoms with Crippen LogP contribution in [0.15, 0.2) is 134 Å². The molecule has 0 fully saturated rings. The van der Waals surface area contributed by atoms with Crippen LogP contribution in [0.1, 0.15) is 31.8 Å². The second-order valence-electron chi connectivity index (χ2n) is 10.9. The Morgan fingerprint density at radius 1 is 0.698 bits per heavy atom. The maximum absolute atomic E-state index is 13.7. The Morgan fingerprint density at radius 3 is 1.74 bits per heavy atom. The van der Waals surface area contributed by atoms with Crippen molar-refractivity contribution in [1.82, 2.24) is 9.97 Å². The third kappa shape index (κ3) is 12.8. The van der Waals surface area contributed by atoms with Crippen molar-refractivity contribution >= 4 is 47.1 Å². The number of hydrogen-bond donors (Lipinski definition) is 3. The number of methoxy groups -OCH3 is 1. The lowest BCUT2D eigenvalue weighted by Gasteiger charge is -2.08. The van der Waals surface area contributed by atoms with Crippen molar-refractivity contribution in [2.24, 2.45) is 0 Å². The van der Waals surface area contributed by atoms with Gasteiger partial charge in [0, 0.05) is 27.0 Å². The van der Waals surface area contributed by atoms with Crippen LogP contribution in [0.5, 0.6) is 11.5 Å². The number of aromatic nitrogens is 2. The number of halogens is 3. The highest BCUT2D eigenvalue weighted by molar-refractivity contribution is 14.1. The number of carboxylic acids is 1. The van der Waals surface area contributed by atoms with Crippen molar-refractivity contribution in [2.75, 3.05) is 7.11 Å². The first-order chi connectivity index (χ1) is 25.5. The predicted molar refractivity (Wildman–Crippen MR) is 203 cm³/mol. The fourth-order valence-electron chi connectivity index (χ4n) is 4.49. The first-order valence-corrected chi connectivity index (χ1v) is 16.8. The first kappa shape index (κ1) is 40.1. The zero-order valence-electron chi connectivity index (χ0n) is 28.1. The summed E-state index contributed by atoms with van der Waals surface area (Å²) in [6.45, 7) is 0.674. The number of rotatable bonds is 10. The molecule has 0 radical (unpaired) electrons. The number of ether oxygens (including phenoxy) is 3. The van der Waals surface area contributed by atoms with Gasteiger partial charge in [-0.15, -0.1) is 0 Å². The molecule has 2 heterocycles. The summed E-state index contributed by atoms with van der Waals surface area (Å²) >= 11 is 2.25. The maximum atomic E-state index is 13.7. The fourth-order valence-corrected chi connectivity index (χ4v) is 4.85. The number of esters is 1. The van der Waals surface area contributed by atoms with Crippen molar-refractivity contribution in [1.29, 1.82) is 0 Å². The quantitative estimate of drug-likeness (QED) is 0.0588. The highest BCUT2D eigenvalue weighted by Crippen LogP contribution is 2.24. The van der Waals surface area contributed by atoms with Gasteiger partial charge < -0.3 is 29.4 Å². The summed E-state index contributed by atoms with van der Waals surface area (Å²) in [4.78, 5) is 29.2.